The van der Waals surface area contributed by atoms with Crippen LogP contribution in [-0.4, -0.2) is 40.0 Å². The van der Waals surface area contributed by atoms with E-state index in [1.807, 2.05) is 17.5 Å². The lowest BCUT2D eigenvalue weighted by Crippen LogP contribution is -2.33. The molecule has 0 aliphatic rings. The largest absolute Gasteiger partial charge is 0.493 e. The number of amides is 1. The molecular weight excluding hydrogens is 496 g/mol. The summed E-state index contributed by atoms with van der Waals surface area (Å²) in [5.41, 5.74) is 1.25. The van der Waals surface area contributed by atoms with Gasteiger partial charge in [0.2, 0.25) is 0 Å². The fourth-order valence-corrected chi connectivity index (χ4v) is 4.63. The Morgan fingerprint density at radius 2 is 1.76 bits per heavy atom. The zero-order valence-corrected chi connectivity index (χ0v) is 21.7. The number of aryl methyl sites for hydroxylation is 1. The standard InChI is InChI=1S/C31H32N2O4S/c34-30(35)17-2-1-9-21-37-28-15-6-3-11-24(28)23-33(20-18-25-12-7-8-19-32-25)31(36)27-14-5-4-13-26(27)29-16-10-22-38-29/h3-8,10-16,19,22H,1-2,9,17-18,20-21,23H2,(H,34,35)/i18D2,20D2. The second-order valence-corrected chi connectivity index (χ2v) is 9.47. The highest BCUT2D eigenvalue weighted by molar-refractivity contribution is 7.13. The maximum Gasteiger partial charge on any atom is 0.303 e. The fourth-order valence-electron chi connectivity index (χ4n) is 3.87. The average molecular weight is 533 g/mol. The van der Waals surface area contributed by atoms with Crippen LogP contribution in [0, 0.1) is 0 Å². The number of ether oxygens (including phenoxy) is 1. The molecule has 7 heteroatoms. The van der Waals surface area contributed by atoms with Crippen molar-refractivity contribution in [3.63, 3.8) is 0 Å². The van der Waals surface area contributed by atoms with Crippen molar-refractivity contribution >= 4 is 23.2 Å². The van der Waals surface area contributed by atoms with E-state index in [4.69, 9.17) is 15.3 Å². The van der Waals surface area contributed by atoms with Crippen molar-refractivity contribution in [1.29, 1.82) is 0 Å². The number of carbonyl (C=O) groups is 2. The van der Waals surface area contributed by atoms with Gasteiger partial charge in [0, 0.05) is 64.8 Å². The first-order valence-electron chi connectivity index (χ1n) is 14.4. The zero-order chi connectivity index (χ0) is 30.2. The lowest BCUT2D eigenvalue weighted by molar-refractivity contribution is -0.137. The summed E-state index contributed by atoms with van der Waals surface area (Å²) >= 11 is 1.45. The van der Waals surface area contributed by atoms with Crippen LogP contribution in [0.25, 0.3) is 10.4 Å². The molecule has 0 aliphatic heterocycles. The molecule has 0 unspecified atom stereocenters. The quantitative estimate of drug-likeness (QED) is 0.182. The summed E-state index contributed by atoms with van der Waals surface area (Å²) in [6, 6.07) is 22.2. The number of para-hydroxylation sites is 1. The third kappa shape index (κ3) is 7.76. The van der Waals surface area contributed by atoms with Gasteiger partial charge in [0.1, 0.15) is 5.75 Å². The minimum Gasteiger partial charge on any atom is -0.493 e. The lowest BCUT2D eigenvalue weighted by atomic mass is 10.0. The van der Waals surface area contributed by atoms with Crippen molar-refractivity contribution < 1.29 is 24.9 Å². The van der Waals surface area contributed by atoms with Gasteiger partial charge in [-0.1, -0.05) is 48.5 Å². The van der Waals surface area contributed by atoms with Crippen molar-refractivity contribution in [2.75, 3.05) is 13.1 Å². The van der Waals surface area contributed by atoms with Crippen LogP contribution in [0.5, 0.6) is 5.75 Å². The molecule has 6 nitrogen and oxygen atoms in total. The molecule has 2 aromatic heterocycles. The molecule has 0 saturated heterocycles. The SMILES string of the molecule is [2H]C([2H])(c1ccccn1)C([2H])([2H])N(Cc1ccccc1OCCCCCC(=O)O)C(=O)c1ccccc1-c1cccs1. The van der Waals surface area contributed by atoms with Crippen molar-refractivity contribution in [2.24, 2.45) is 0 Å². The van der Waals surface area contributed by atoms with Crippen LogP contribution >= 0.6 is 11.3 Å². The molecule has 0 aliphatic carbocycles. The molecule has 0 radical (unpaired) electrons. The Morgan fingerprint density at radius 1 is 0.947 bits per heavy atom. The molecule has 0 spiro atoms. The van der Waals surface area contributed by atoms with Crippen LogP contribution in [0.2, 0.25) is 0 Å². The minimum atomic E-state index is -2.83. The molecule has 2 aromatic carbocycles. The minimum absolute atomic E-state index is 0.0912. The van der Waals surface area contributed by atoms with E-state index in [9.17, 15) is 9.59 Å². The van der Waals surface area contributed by atoms with Crippen LogP contribution in [0.1, 0.15) is 52.8 Å². The molecule has 0 atom stereocenters. The lowest BCUT2D eigenvalue weighted by Gasteiger charge is -2.25. The Kier molecular flexibility index (Phi) is 8.18. The number of aromatic nitrogens is 1. The zero-order valence-electron chi connectivity index (χ0n) is 24.9. The molecule has 1 N–H and O–H groups in total. The first-order valence-corrected chi connectivity index (χ1v) is 13.3. The second kappa shape index (κ2) is 14.1. The predicted octanol–water partition coefficient (Wildman–Crippen LogP) is 6.72. The number of hydrogen-bond acceptors (Lipinski definition) is 5. The smallest absolute Gasteiger partial charge is 0.303 e. The number of unbranched alkanes of at least 4 members (excludes halogenated alkanes) is 2. The molecule has 4 aromatic rings. The molecule has 196 valence electrons. The van der Waals surface area contributed by atoms with Crippen molar-refractivity contribution in [2.45, 2.75) is 38.6 Å². The normalized spacial score (nSPS) is 13.1. The Morgan fingerprint density at radius 3 is 2.55 bits per heavy atom. The second-order valence-electron chi connectivity index (χ2n) is 8.53. The number of benzene rings is 2. The number of carbonyl (C=O) groups excluding carboxylic acids is 1. The summed E-state index contributed by atoms with van der Waals surface area (Å²) in [6.45, 7) is -2.79. The first-order chi connectivity index (χ1) is 20.1. The topological polar surface area (TPSA) is 79.7 Å². The number of nitrogens with zero attached hydrogens (tertiary/aromatic N) is 2. The van der Waals surface area contributed by atoms with Crippen LogP contribution in [-0.2, 0) is 17.7 Å². The van der Waals surface area contributed by atoms with Gasteiger partial charge in [-0.15, -0.1) is 11.3 Å². The number of aliphatic carboxylic acids is 1. The highest BCUT2D eigenvalue weighted by Crippen LogP contribution is 2.30. The van der Waals surface area contributed by atoms with Crippen molar-refractivity contribution in [3.05, 3.63) is 107 Å². The van der Waals surface area contributed by atoms with Gasteiger partial charge in [0.05, 0.1) is 6.61 Å². The number of carboxylic acid groups (broad SMARTS) is 1. The third-order valence-electron chi connectivity index (χ3n) is 5.77. The van der Waals surface area contributed by atoms with Crippen molar-refractivity contribution in [3.8, 4) is 16.2 Å². The van der Waals surface area contributed by atoms with Crippen molar-refractivity contribution in [1.82, 2.24) is 9.88 Å². The molecular formula is C31H32N2O4S. The van der Waals surface area contributed by atoms with Gasteiger partial charge in [-0.05, 0) is 55.0 Å². The number of rotatable bonds is 14. The van der Waals surface area contributed by atoms with E-state index in [-0.39, 0.29) is 24.2 Å². The molecule has 2 heterocycles. The van der Waals surface area contributed by atoms with E-state index in [1.54, 1.807) is 60.7 Å². The van der Waals surface area contributed by atoms with E-state index >= 15 is 0 Å². The fraction of sp³-hybridized carbons (Fsp3) is 0.258. The number of hydrogen-bond donors (Lipinski definition) is 1. The van der Waals surface area contributed by atoms with Gasteiger partial charge in [0.15, 0.2) is 0 Å². The van der Waals surface area contributed by atoms with E-state index in [0.717, 1.165) is 9.78 Å². The van der Waals surface area contributed by atoms with Gasteiger partial charge in [-0.25, -0.2) is 0 Å². The van der Waals surface area contributed by atoms with Crippen LogP contribution in [0.4, 0.5) is 0 Å². The average Bonchev–Trinajstić information content (AvgIpc) is 3.53. The van der Waals surface area contributed by atoms with Crippen LogP contribution in [0.15, 0.2) is 90.4 Å². The maximum atomic E-state index is 14.3. The third-order valence-corrected chi connectivity index (χ3v) is 6.67. The number of carboxylic acids is 1. The molecule has 38 heavy (non-hydrogen) atoms. The highest BCUT2D eigenvalue weighted by atomic mass is 32.1. The molecule has 0 bridgehead atoms. The Bertz CT molecular complexity index is 1480. The van der Waals surface area contributed by atoms with Gasteiger partial charge in [0.25, 0.3) is 5.91 Å². The van der Waals surface area contributed by atoms with E-state index in [2.05, 4.69) is 4.98 Å². The van der Waals surface area contributed by atoms with Crippen LogP contribution < -0.4 is 4.74 Å². The van der Waals surface area contributed by atoms with Crippen LogP contribution in [0.3, 0.4) is 0 Å². The van der Waals surface area contributed by atoms with Gasteiger partial charge >= 0.3 is 5.97 Å². The Hall–Kier alpha value is -3.97. The Labute approximate surface area is 233 Å². The molecule has 1 amide bonds. The summed E-state index contributed by atoms with van der Waals surface area (Å²) in [5.74, 6) is -1.08. The highest BCUT2D eigenvalue weighted by Gasteiger charge is 2.21. The van der Waals surface area contributed by atoms with Gasteiger partial charge in [-0.3, -0.25) is 14.6 Å². The summed E-state index contributed by atoms with van der Waals surface area (Å²) in [7, 11) is 0. The summed E-state index contributed by atoms with van der Waals surface area (Å²) < 4.78 is 41.8. The maximum absolute atomic E-state index is 14.3. The first kappa shape index (κ1) is 22.1. The number of pyridine rings is 1. The predicted molar refractivity (Wildman–Crippen MR) is 150 cm³/mol. The van der Waals surface area contributed by atoms with Gasteiger partial charge in [-0.2, -0.15) is 0 Å². The van der Waals surface area contributed by atoms with E-state index < -0.39 is 24.7 Å². The molecule has 4 rings (SSSR count). The Balaban J connectivity index is 1.69. The number of thiophene rings is 1. The van der Waals surface area contributed by atoms with E-state index in [0.29, 0.717) is 42.7 Å². The summed E-state index contributed by atoms with van der Waals surface area (Å²) in [6.07, 6.45) is 0.652. The summed E-state index contributed by atoms with van der Waals surface area (Å²) in [5, 5.41) is 10.7. The van der Waals surface area contributed by atoms with Gasteiger partial charge < -0.3 is 14.7 Å². The molecule has 0 fully saturated rings. The van der Waals surface area contributed by atoms with E-state index in [1.165, 1.54) is 23.6 Å². The monoisotopic (exact) mass is 532 g/mol. The molecule has 0 saturated carbocycles. The summed E-state index contributed by atoms with van der Waals surface area (Å²) in [4.78, 5) is 30.9.